The predicted molar refractivity (Wildman–Crippen MR) is 95.8 cm³/mol. The molecule has 3 aromatic rings. The fourth-order valence-corrected chi connectivity index (χ4v) is 2.45. The van der Waals surface area contributed by atoms with Gasteiger partial charge in [-0.3, -0.25) is 0 Å². The lowest BCUT2D eigenvalue weighted by molar-refractivity contribution is 0.415. The highest BCUT2D eigenvalue weighted by molar-refractivity contribution is 6.32. The van der Waals surface area contributed by atoms with E-state index in [4.69, 9.17) is 27.9 Å². The Hall–Kier alpha value is -2.64. The summed E-state index contributed by atoms with van der Waals surface area (Å²) in [6.45, 7) is 0. The average molecular weight is 380 g/mol. The second kappa shape index (κ2) is 7.50. The third kappa shape index (κ3) is 4.26. The molecule has 0 spiro atoms. The SMILES string of the molecule is COc1ccc(Nc2cnnc(Nc3ccc(F)c(Cl)c3)n2)cc1Cl. The molecule has 0 bridgehead atoms. The molecule has 25 heavy (non-hydrogen) atoms. The van der Waals surface area contributed by atoms with Gasteiger partial charge in [0.05, 0.1) is 23.4 Å². The molecule has 0 saturated carbocycles. The summed E-state index contributed by atoms with van der Waals surface area (Å²) in [6, 6.07) is 9.44. The molecular formula is C16H12Cl2FN5O. The van der Waals surface area contributed by atoms with E-state index in [0.717, 1.165) is 0 Å². The van der Waals surface area contributed by atoms with E-state index in [2.05, 4.69) is 25.8 Å². The Morgan fingerprint density at radius 1 is 1.00 bits per heavy atom. The summed E-state index contributed by atoms with van der Waals surface area (Å²) in [6.07, 6.45) is 1.46. The van der Waals surface area contributed by atoms with Crippen molar-refractivity contribution in [3.8, 4) is 5.75 Å². The first-order chi connectivity index (χ1) is 12.0. The number of anilines is 4. The van der Waals surface area contributed by atoms with Crippen LogP contribution in [0.5, 0.6) is 5.75 Å². The second-order valence-corrected chi connectivity index (χ2v) is 5.71. The molecule has 1 aromatic heterocycles. The van der Waals surface area contributed by atoms with E-state index in [-0.39, 0.29) is 11.0 Å². The van der Waals surface area contributed by atoms with E-state index in [9.17, 15) is 4.39 Å². The van der Waals surface area contributed by atoms with Crippen LogP contribution in [0.3, 0.4) is 0 Å². The van der Waals surface area contributed by atoms with Crippen molar-refractivity contribution in [1.29, 1.82) is 0 Å². The van der Waals surface area contributed by atoms with Gasteiger partial charge in [-0.05, 0) is 36.4 Å². The number of benzene rings is 2. The number of aromatic nitrogens is 3. The highest BCUT2D eigenvalue weighted by Gasteiger charge is 2.06. The van der Waals surface area contributed by atoms with Crippen LogP contribution in [0.25, 0.3) is 0 Å². The zero-order valence-electron chi connectivity index (χ0n) is 12.9. The smallest absolute Gasteiger partial charge is 0.249 e. The molecule has 0 radical (unpaired) electrons. The van der Waals surface area contributed by atoms with Crippen LogP contribution in [-0.4, -0.2) is 22.3 Å². The minimum atomic E-state index is -0.502. The molecule has 0 unspecified atom stereocenters. The lowest BCUT2D eigenvalue weighted by Crippen LogP contribution is -2.02. The molecule has 0 aliphatic carbocycles. The first kappa shape index (κ1) is 17.2. The first-order valence-electron chi connectivity index (χ1n) is 7.07. The third-order valence-electron chi connectivity index (χ3n) is 3.16. The van der Waals surface area contributed by atoms with Crippen LogP contribution in [0.4, 0.5) is 27.5 Å². The van der Waals surface area contributed by atoms with Gasteiger partial charge in [-0.25, -0.2) is 4.39 Å². The molecule has 6 nitrogen and oxygen atoms in total. The van der Waals surface area contributed by atoms with E-state index >= 15 is 0 Å². The number of hydrogen-bond acceptors (Lipinski definition) is 6. The highest BCUT2D eigenvalue weighted by atomic mass is 35.5. The Balaban J connectivity index is 1.77. The number of hydrogen-bond donors (Lipinski definition) is 2. The van der Waals surface area contributed by atoms with Crippen molar-refractivity contribution >= 4 is 46.3 Å². The van der Waals surface area contributed by atoms with E-state index in [1.54, 1.807) is 25.3 Å². The summed E-state index contributed by atoms with van der Waals surface area (Å²) < 4.78 is 18.3. The lowest BCUT2D eigenvalue weighted by atomic mass is 10.3. The molecule has 2 N–H and O–H groups in total. The number of halogens is 3. The minimum Gasteiger partial charge on any atom is -0.495 e. The Bertz CT molecular complexity index is 909. The second-order valence-electron chi connectivity index (χ2n) is 4.89. The normalized spacial score (nSPS) is 10.4. The van der Waals surface area contributed by atoms with Crippen molar-refractivity contribution in [1.82, 2.24) is 15.2 Å². The lowest BCUT2D eigenvalue weighted by Gasteiger charge is -2.09. The average Bonchev–Trinajstić information content (AvgIpc) is 2.59. The van der Waals surface area contributed by atoms with Gasteiger partial charge in [-0.2, -0.15) is 10.1 Å². The summed E-state index contributed by atoms with van der Waals surface area (Å²) in [4.78, 5) is 4.28. The Kier molecular flexibility index (Phi) is 5.16. The monoisotopic (exact) mass is 379 g/mol. The Labute approximate surface area is 153 Å². The first-order valence-corrected chi connectivity index (χ1v) is 7.83. The van der Waals surface area contributed by atoms with Gasteiger partial charge in [-0.15, -0.1) is 5.10 Å². The highest BCUT2D eigenvalue weighted by Crippen LogP contribution is 2.28. The standard InChI is InChI=1S/C16H12Cl2FN5O/c1-25-14-5-3-9(7-12(14)18)21-15-8-20-24-16(23-15)22-10-2-4-13(19)11(17)6-10/h2-8H,1H3,(H2,21,22,23,24). The van der Waals surface area contributed by atoms with E-state index in [1.165, 1.54) is 24.4 Å². The van der Waals surface area contributed by atoms with Crippen LogP contribution < -0.4 is 15.4 Å². The van der Waals surface area contributed by atoms with Gasteiger partial charge in [0.1, 0.15) is 11.6 Å². The Morgan fingerprint density at radius 3 is 2.44 bits per heavy atom. The van der Waals surface area contributed by atoms with Gasteiger partial charge in [0, 0.05) is 11.4 Å². The molecule has 0 saturated heterocycles. The molecule has 2 aromatic carbocycles. The number of rotatable bonds is 5. The quantitative estimate of drug-likeness (QED) is 0.662. The third-order valence-corrected chi connectivity index (χ3v) is 3.74. The van der Waals surface area contributed by atoms with Crippen LogP contribution in [0.2, 0.25) is 10.0 Å². The molecule has 0 aliphatic heterocycles. The molecule has 0 fully saturated rings. The fourth-order valence-electron chi connectivity index (χ4n) is 2.01. The van der Waals surface area contributed by atoms with Crippen LogP contribution in [0, 0.1) is 5.82 Å². The van der Waals surface area contributed by atoms with Crippen LogP contribution in [0.1, 0.15) is 0 Å². The molecule has 3 rings (SSSR count). The van der Waals surface area contributed by atoms with Crippen molar-refractivity contribution in [2.24, 2.45) is 0 Å². The number of nitrogens with zero attached hydrogens (tertiary/aromatic N) is 3. The summed E-state index contributed by atoms with van der Waals surface area (Å²) in [5, 5.41) is 14.2. The zero-order valence-corrected chi connectivity index (χ0v) is 14.4. The van der Waals surface area contributed by atoms with Crippen molar-refractivity contribution in [2.75, 3.05) is 17.7 Å². The maximum absolute atomic E-state index is 13.2. The summed E-state index contributed by atoms with van der Waals surface area (Å²) in [5.74, 6) is 0.751. The number of nitrogens with one attached hydrogen (secondary N) is 2. The van der Waals surface area contributed by atoms with Crippen LogP contribution in [0.15, 0.2) is 42.6 Å². The fraction of sp³-hybridized carbons (Fsp3) is 0.0625. The molecular weight excluding hydrogens is 368 g/mol. The molecule has 0 amide bonds. The van der Waals surface area contributed by atoms with Crippen molar-refractivity contribution < 1.29 is 9.13 Å². The van der Waals surface area contributed by atoms with E-state index < -0.39 is 5.82 Å². The molecule has 0 aliphatic rings. The summed E-state index contributed by atoms with van der Waals surface area (Å²) >= 11 is 11.8. The largest absolute Gasteiger partial charge is 0.495 e. The van der Waals surface area contributed by atoms with E-state index in [0.29, 0.717) is 28.0 Å². The van der Waals surface area contributed by atoms with Crippen molar-refractivity contribution in [3.63, 3.8) is 0 Å². The van der Waals surface area contributed by atoms with E-state index in [1.807, 2.05) is 0 Å². The minimum absolute atomic E-state index is 0.000105. The Morgan fingerprint density at radius 2 is 1.72 bits per heavy atom. The van der Waals surface area contributed by atoms with Gasteiger partial charge in [0.15, 0.2) is 5.82 Å². The van der Waals surface area contributed by atoms with Crippen LogP contribution >= 0.6 is 23.2 Å². The van der Waals surface area contributed by atoms with Gasteiger partial charge in [0.2, 0.25) is 5.95 Å². The maximum atomic E-state index is 13.2. The van der Waals surface area contributed by atoms with Crippen molar-refractivity contribution in [3.05, 3.63) is 58.5 Å². The summed E-state index contributed by atoms with van der Waals surface area (Å²) in [5.41, 5.74) is 1.25. The molecule has 0 atom stereocenters. The van der Waals surface area contributed by atoms with Crippen molar-refractivity contribution in [2.45, 2.75) is 0 Å². The predicted octanol–water partition coefficient (Wildman–Crippen LogP) is 4.81. The number of ether oxygens (including phenoxy) is 1. The molecule has 1 heterocycles. The molecule has 128 valence electrons. The van der Waals surface area contributed by atoms with Gasteiger partial charge in [0.25, 0.3) is 0 Å². The van der Waals surface area contributed by atoms with Gasteiger partial charge >= 0.3 is 0 Å². The van der Waals surface area contributed by atoms with Crippen LogP contribution in [-0.2, 0) is 0 Å². The van der Waals surface area contributed by atoms with Gasteiger partial charge in [-0.1, -0.05) is 23.2 Å². The van der Waals surface area contributed by atoms with Gasteiger partial charge < -0.3 is 15.4 Å². The topological polar surface area (TPSA) is 72.0 Å². The maximum Gasteiger partial charge on any atom is 0.249 e. The summed E-state index contributed by atoms with van der Waals surface area (Å²) in [7, 11) is 1.54. The zero-order chi connectivity index (χ0) is 17.8. The number of methoxy groups -OCH3 is 1. The molecule has 9 heteroatoms.